The van der Waals surface area contributed by atoms with Crippen LogP contribution >= 0.6 is 31.9 Å². The fourth-order valence-corrected chi connectivity index (χ4v) is 2.23. The van der Waals surface area contributed by atoms with Gasteiger partial charge in [-0.25, -0.2) is 9.59 Å². The fourth-order valence-electron chi connectivity index (χ4n) is 1.01. The van der Waals surface area contributed by atoms with Crippen LogP contribution in [0.15, 0.2) is 21.1 Å². The van der Waals surface area contributed by atoms with Gasteiger partial charge in [0.05, 0.1) is 8.95 Å². The predicted octanol–water partition coefficient (Wildman–Crippen LogP) is 2.14. The first-order valence-electron chi connectivity index (χ1n) is 4.58. The third-order valence-corrected chi connectivity index (χ3v) is 2.93. The van der Waals surface area contributed by atoms with Crippen LogP contribution in [0.4, 0.5) is 0 Å². The molecule has 8 heteroatoms. The highest BCUT2D eigenvalue weighted by Crippen LogP contribution is 2.36. The lowest BCUT2D eigenvalue weighted by molar-refractivity contribution is -0.140. The zero-order valence-electron chi connectivity index (χ0n) is 8.85. The Morgan fingerprint density at radius 3 is 1.67 bits per heavy atom. The van der Waals surface area contributed by atoms with Crippen LogP contribution in [0.5, 0.6) is 11.5 Å². The minimum absolute atomic E-state index is 0.251. The van der Waals surface area contributed by atoms with Gasteiger partial charge in [0.2, 0.25) is 0 Å². The number of ether oxygens (including phenoxy) is 2. The van der Waals surface area contributed by atoms with Crippen LogP contribution in [0.25, 0.3) is 0 Å². The summed E-state index contributed by atoms with van der Waals surface area (Å²) in [6.07, 6.45) is 0. The van der Waals surface area contributed by atoms with Crippen LogP contribution < -0.4 is 9.47 Å². The van der Waals surface area contributed by atoms with E-state index in [9.17, 15) is 9.59 Å². The van der Waals surface area contributed by atoms with Gasteiger partial charge in [-0.3, -0.25) is 0 Å². The molecule has 0 aliphatic rings. The molecule has 0 aliphatic carbocycles. The first kappa shape index (κ1) is 14.8. The van der Waals surface area contributed by atoms with Crippen molar-refractivity contribution in [1.82, 2.24) is 0 Å². The van der Waals surface area contributed by atoms with Gasteiger partial charge in [-0.05, 0) is 37.9 Å². The molecule has 1 rings (SSSR count). The number of hydrogen-bond acceptors (Lipinski definition) is 4. The van der Waals surface area contributed by atoms with Crippen LogP contribution in [0.3, 0.4) is 0 Å². The lowest BCUT2D eigenvalue weighted by Gasteiger charge is -2.11. The van der Waals surface area contributed by atoms with E-state index in [4.69, 9.17) is 19.7 Å². The van der Waals surface area contributed by atoms with Crippen molar-refractivity contribution in [1.29, 1.82) is 0 Å². The van der Waals surface area contributed by atoms with E-state index < -0.39 is 25.2 Å². The average Bonchev–Trinajstić information content (AvgIpc) is 2.26. The van der Waals surface area contributed by atoms with Gasteiger partial charge in [-0.2, -0.15) is 0 Å². The van der Waals surface area contributed by atoms with Crippen molar-refractivity contribution in [2.45, 2.75) is 0 Å². The monoisotopic (exact) mass is 382 g/mol. The summed E-state index contributed by atoms with van der Waals surface area (Å²) in [5.74, 6) is -1.72. The Hall–Kier alpha value is -1.28. The van der Waals surface area contributed by atoms with E-state index in [1.54, 1.807) is 6.07 Å². The van der Waals surface area contributed by atoms with Crippen molar-refractivity contribution in [3.8, 4) is 11.5 Å². The molecule has 2 N–H and O–H groups in total. The van der Waals surface area contributed by atoms with Gasteiger partial charge < -0.3 is 19.7 Å². The zero-order chi connectivity index (χ0) is 13.7. The minimum atomic E-state index is -1.11. The summed E-state index contributed by atoms with van der Waals surface area (Å²) < 4.78 is 11.1. The Labute approximate surface area is 119 Å². The van der Waals surface area contributed by atoms with E-state index in [2.05, 4.69) is 31.9 Å². The van der Waals surface area contributed by atoms with E-state index in [-0.39, 0.29) is 11.5 Å². The minimum Gasteiger partial charge on any atom is -0.481 e. The number of benzene rings is 1. The number of carboxylic acid groups (broad SMARTS) is 2. The van der Waals surface area contributed by atoms with Crippen LogP contribution in [0.1, 0.15) is 0 Å². The molecular weight excluding hydrogens is 376 g/mol. The highest BCUT2D eigenvalue weighted by atomic mass is 79.9. The SMILES string of the molecule is O=C(O)COc1cc(OCC(=O)O)c(Br)cc1Br. The van der Waals surface area contributed by atoms with Gasteiger partial charge >= 0.3 is 11.9 Å². The molecule has 1 aromatic carbocycles. The number of carbonyl (C=O) groups is 2. The number of halogens is 2. The molecule has 0 aliphatic heterocycles. The second kappa shape index (κ2) is 6.60. The Morgan fingerprint density at radius 1 is 0.944 bits per heavy atom. The molecular formula is C10H8Br2O6. The third kappa shape index (κ3) is 4.53. The van der Waals surface area contributed by atoms with Crippen LogP contribution in [0.2, 0.25) is 0 Å². The van der Waals surface area contributed by atoms with E-state index in [0.29, 0.717) is 8.95 Å². The maximum absolute atomic E-state index is 10.4. The lowest BCUT2D eigenvalue weighted by Crippen LogP contribution is -2.11. The summed E-state index contributed by atoms with van der Waals surface area (Å²) in [7, 11) is 0. The van der Waals surface area contributed by atoms with E-state index in [1.165, 1.54) is 6.07 Å². The van der Waals surface area contributed by atoms with Gasteiger partial charge in [-0.1, -0.05) is 0 Å². The van der Waals surface area contributed by atoms with Gasteiger partial charge in [-0.15, -0.1) is 0 Å². The highest BCUT2D eigenvalue weighted by Gasteiger charge is 2.11. The molecule has 0 radical (unpaired) electrons. The number of hydrogen-bond donors (Lipinski definition) is 2. The van der Waals surface area contributed by atoms with Gasteiger partial charge in [0.1, 0.15) is 11.5 Å². The second-order valence-electron chi connectivity index (χ2n) is 3.08. The van der Waals surface area contributed by atoms with Crippen LogP contribution in [-0.4, -0.2) is 35.4 Å². The Kier molecular flexibility index (Phi) is 5.42. The normalized spacial score (nSPS) is 9.89. The maximum Gasteiger partial charge on any atom is 0.341 e. The number of rotatable bonds is 6. The smallest absolute Gasteiger partial charge is 0.341 e. The number of carboxylic acids is 2. The zero-order valence-corrected chi connectivity index (χ0v) is 12.0. The first-order valence-corrected chi connectivity index (χ1v) is 6.17. The Balaban J connectivity index is 2.87. The molecule has 0 atom stereocenters. The molecule has 0 amide bonds. The van der Waals surface area contributed by atoms with Gasteiger partial charge in [0.15, 0.2) is 13.2 Å². The molecule has 0 heterocycles. The van der Waals surface area contributed by atoms with E-state index >= 15 is 0 Å². The number of aliphatic carboxylic acids is 2. The van der Waals surface area contributed by atoms with Crippen molar-refractivity contribution in [2.75, 3.05) is 13.2 Å². The molecule has 1 aromatic rings. The summed E-state index contributed by atoms with van der Waals surface area (Å²) in [6, 6.07) is 2.98. The Morgan fingerprint density at radius 2 is 1.33 bits per heavy atom. The van der Waals surface area contributed by atoms with Crippen LogP contribution in [-0.2, 0) is 9.59 Å². The van der Waals surface area contributed by atoms with Crippen molar-refractivity contribution in [3.05, 3.63) is 21.1 Å². The molecule has 0 unspecified atom stereocenters. The molecule has 6 nitrogen and oxygen atoms in total. The second-order valence-corrected chi connectivity index (χ2v) is 4.79. The molecule has 0 fully saturated rings. The first-order chi connectivity index (χ1) is 8.40. The molecule has 98 valence electrons. The molecule has 0 aromatic heterocycles. The van der Waals surface area contributed by atoms with Crippen LogP contribution in [0, 0.1) is 0 Å². The van der Waals surface area contributed by atoms with E-state index in [0.717, 1.165) is 0 Å². The van der Waals surface area contributed by atoms with Gasteiger partial charge in [0.25, 0.3) is 0 Å². The molecule has 0 bridgehead atoms. The molecule has 0 spiro atoms. The predicted molar refractivity (Wildman–Crippen MR) is 68.1 cm³/mol. The largest absolute Gasteiger partial charge is 0.481 e. The summed E-state index contributed by atoms with van der Waals surface area (Å²) in [5.41, 5.74) is 0. The third-order valence-electron chi connectivity index (χ3n) is 1.69. The quantitative estimate of drug-likeness (QED) is 0.781. The highest BCUT2D eigenvalue weighted by molar-refractivity contribution is 9.11. The summed E-state index contributed by atoms with van der Waals surface area (Å²) in [6.45, 7) is -1.00. The fraction of sp³-hybridized carbons (Fsp3) is 0.200. The molecule has 0 saturated heterocycles. The van der Waals surface area contributed by atoms with Crippen molar-refractivity contribution in [3.63, 3.8) is 0 Å². The Bertz CT molecular complexity index is 434. The summed E-state index contributed by atoms with van der Waals surface area (Å²) in [4.78, 5) is 20.8. The maximum atomic E-state index is 10.4. The van der Waals surface area contributed by atoms with Crippen molar-refractivity contribution in [2.24, 2.45) is 0 Å². The molecule has 18 heavy (non-hydrogen) atoms. The van der Waals surface area contributed by atoms with Crippen molar-refractivity contribution < 1.29 is 29.3 Å². The summed E-state index contributed by atoms with van der Waals surface area (Å²) in [5, 5.41) is 17.0. The molecule has 0 saturated carbocycles. The van der Waals surface area contributed by atoms with E-state index in [1.807, 2.05) is 0 Å². The van der Waals surface area contributed by atoms with Gasteiger partial charge in [0, 0.05) is 6.07 Å². The standard InChI is InChI=1S/C10H8Br2O6/c11-5-1-6(12)8(18-4-10(15)16)2-7(5)17-3-9(13)14/h1-2H,3-4H2,(H,13,14)(H,15,16). The summed E-state index contributed by atoms with van der Waals surface area (Å²) >= 11 is 6.38. The lowest BCUT2D eigenvalue weighted by atomic mass is 10.3. The van der Waals surface area contributed by atoms with Crippen molar-refractivity contribution >= 4 is 43.8 Å². The topological polar surface area (TPSA) is 93.1 Å². The average molecular weight is 384 g/mol.